The van der Waals surface area contributed by atoms with Crippen molar-refractivity contribution in [1.82, 2.24) is 4.98 Å². The first-order valence-electron chi connectivity index (χ1n) is 16.4. The molecule has 10 heteroatoms. The monoisotopic (exact) mass is 762 g/mol. The second-order valence-corrected chi connectivity index (χ2v) is 39.2. The van der Waals surface area contributed by atoms with Crippen LogP contribution in [0.2, 0.25) is 39.3 Å². The van der Waals surface area contributed by atoms with Gasteiger partial charge in [0.2, 0.25) is 0 Å². The van der Waals surface area contributed by atoms with E-state index in [-0.39, 0.29) is 36.1 Å². The summed E-state index contributed by atoms with van der Waals surface area (Å²) in [5.41, 5.74) is 3.52. The van der Waals surface area contributed by atoms with E-state index in [0.29, 0.717) is 11.8 Å². The summed E-state index contributed by atoms with van der Waals surface area (Å²) in [5.74, 6) is 1.30. The van der Waals surface area contributed by atoms with Gasteiger partial charge in [-0.3, -0.25) is 0 Å². The Labute approximate surface area is 301 Å². The van der Waals surface area contributed by atoms with Crippen LogP contribution in [0.3, 0.4) is 0 Å². The summed E-state index contributed by atoms with van der Waals surface area (Å²) in [6.07, 6.45) is 9.91. The molecule has 46 heavy (non-hydrogen) atoms. The van der Waals surface area contributed by atoms with E-state index in [1.165, 1.54) is 16.3 Å². The Morgan fingerprint density at radius 1 is 0.935 bits per heavy atom. The number of allylic oxidation sites excluding steroid dienone is 5. The summed E-state index contributed by atoms with van der Waals surface area (Å²) < 4.78 is 28.2. The van der Waals surface area contributed by atoms with Crippen molar-refractivity contribution in [2.24, 2.45) is 17.8 Å². The van der Waals surface area contributed by atoms with Gasteiger partial charge in [-0.15, -0.1) is 11.7 Å². The van der Waals surface area contributed by atoms with Crippen LogP contribution in [0.4, 0.5) is 8.78 Å². The van der Waals surface area contributed by atoms with Crippen LogP contribution >= 0.6 is 18.6 Å². The molecule has 0 radical (unpaired) electrons. The van der Waals surface area contributed by atoms with Gasteiger partial charge in [-0.05, 0) is 76.5 Å². The van der Waals surface area contributed by atoms with Crippen LogP contribution in [0.5, 0.6) is 0 Å². The number of nitrogens with zero attached hydrogens (tertiary/aromatic N) is 1. The molecule has 0 saturated heterocycles. The molecule has 1 aromatic carbocycles. The van der Waals surface area contributed by atoms with E-state index in [9.17, 15) is 8.78 Å². The molecule has 1 fully saturated rings. The van der Waals surface area contributed by atoms with Gasteiger partial charge < -0.3 is 17.7 Å². The van der Waals surface area contributed by atoms with Crippen molar-refractivity contribution in [3.8, 4) is 0 Å². The Morgan fingerprint density at radius 3 is 2.00 bits per heavy atom. The van der Waals surface area contributed by atoms with E-state index in [1.807, 2.05) is 6.08 Å². The van der Waals surface area contributed by atoms with Gasteiger partial charge in [0.25, 0.3) is 0 Å². The van der Waals surface area contributed by atoms with Gasteiger partial charge in [0, 0.05) is 17.0 Å². The second-order valence-electron chi connectivity index (χ2n) is 17.2. The molecule has 0 bridgehead atoms. The van der Waals surface area contributed by atoms with Crippen molar-refractivity contribution in [2.45, 2.75) is 125 Å². The third-order valence-corrected chi connectivity index (χ3v) is 29.7. The fourth-order valence-electron chi connectivity index (χ4n) is 7.19. The molecule has 0 heterocycles. The summed E-state index contributed by atoms with van der Waals surface area (Å²) in [7, 11) is 4.86. The minimum absolute atomic E-state index is 0. The molecule has 2 nitrogen and oxygen atoms in total. The maximum atomic E-state index is 14.2. The first-order chi connectivity index (χ1) is 20.4. The van der Waals surface area contributed by atoms with Crippen LogP contribution in [0.25, 0.3) is 11.4 Å². The number of fused-ring (bicyclic) bond motifs is 2. The number of benzene rings is 1. The Bertz CT molecular complexity index is 1280. The molecule has 1 aromatic rings. The van der Waals surface area contributed by atoms with Gasteiger partial charge in [-0.1, -0.05) is 101 Å². The molecule has 0 spiro atoms. The first-order valence-corrected chi connectivity index (χ1v) is 30.9. The van der Waals surface area contributed by atoms with E-state index < -0.39 is 40.4 Å². The number of nitrogens with one attached hydrogen (secondary N) is 1. The van der Waals surface area contributed by atoms with Crippen molar-refractivity contribution in [1.29, 1.82) is 0 Å². The van der Waals surface area contributed by atoms with E-state index in [1.54, 1.807) is 17.3 Å². The number of halogens is 4. The van der Waals surface area contributed by atoms with Crippen molar-refractivity contribution in [3.05, 3.63) is 70.6 Å². The molecule has 0 aliphatic heterocycles. The standard InChI is InChI=1S/C18H30FNSi2.C17H29FNSi.CH3.2ClH.Ti/c1-13-11-14-15(12-13)17(10-9-16(14)19)21(5,6)22(7,8)20-18(2,3)4;1-12-9-13-14(10-12)16(8-7-15(13)18)20(5,6)11-19-17(2,3)4;;;;/h9-11,20H,12H2,1-8H3;7-8,12-14H,9-11H2,1-6H3;1H3;2*1H;/q;2*-1;;;+2/p-2. The number of hydrogen-bond acceptors (Lipinski definition) is 1. The van der Waals surface area contributed by atoms with Crippen molar-refractivity contribution in [2.75, 3.05) is 6.17 Å². The normalized spacial score (nSPS) is 21.3. The summed E-state index contributed by atoms with van der Waals surface area (Å²) in [5, 5.41) is 7.85. The van der Waals surface area contributed by atoms with Crippen LogP contribution in [-0.2, 0) is 23.5 Å². The Morgan fingerprint density at radius 2 is 1.48 bits per heavy atom. The number of rotatable bonds is 6. The van der Waals surface area contributed by atoms with Gasteiger partial charge in [0.1, 0.15) is 19.4 Å². The van der Waals surface area contributed by atoms with Gasteiger partial charge in [-0.25, -0.2) is 8.78 Å². The predicted molar refractivity (Wildman–Crippen MR) is 207 cm³/mol. The van der Waals surface area contributed by atoms with Crippen LogP contribution < -0.4 is 10.2 Å². The van der Waals surface area contributed by atoms with Gasteiger partial charge in [-0.2, -0.15) is 0 Å². The minimum atomic E-state index is -1.70. The zero-order valence-electron chi connectivity index (χ0n) is 31.4. The van der Waals surface area contributed by atoms with E-state index in [0.717, 1.165) is 31.0 Å². The Balaban J connectivity index is 0.000000417. The molecule has 3 atom stereocenters. The molecular formula is C36H62Cl2F2N2Si3Ti-2. The maximum absolute atomic E-state index is 14.2. The van der Waals surface area contributed by atoms with Crippen LogP contribution in [-0.4, -0.2) is 40.7 Å². The van der Waals surface area contributed by atoms with Crippen LogP contribution in [0.15, 0.2) is 40.9 Å². The fraction of sp³-hybridized carbons (Fsp3) is 0.639. The Hall–Kier alpha value is 0.165. The summed E-state index contributed by atoms with van der Waals surface area (Å²) in [6.45, 7) is 32.2. The molecule has 1 N–H and O–H groups in total. The average molecular weight is 764 g/mol. The van der Waals surface area contributed by atoms with Gasteiger partial charge in [0.15, 0.2) is 0 Å². The summed E-state index contributed by atoms with van der Waals surface area (Å²) in [6, 6.07) is 3.76. The fourth-order valence-corrected chi connectivity index (χ4v) is 19.2. The molecule has 3 unspecified atom stereocenters. The van der Waals surface area contributed by atoms with E-state index >= 15 is 0 Å². The molecule has 262 valence electrons. The first kappa shape index (κ1) is 44.2. The molecule has 1 saturated carbocycles. The summed E-state index contributed by atoms with van der Waals surface area (Å²) >= 11 is -0.556. The molecular weight excluding hydrogens is 701 g/mol. The molecule has 0 aromatic heterocycles. The Kier molecular flexibility index (Phi) is 16.2. The third-order valence-electron chi connectivity index (χ3n) is 9.78. The number of hydrogen-bond donors (Lipinski definition) is 1. The van der Waals surface area contributed by atoms with Crippen LogP contribution in [0.1, 0.15) is 79.4 Å². The topological polar surface area (TPSA) is 26.1 Å². The molecule has 0 amide bonds. The summed E-state index contributed by atoms with van der Waals surface area (Å²) in [4.78, 5) is 3.94. The average Bonchev–Trinajstić information content (AvgIpc) is 3.45. The van der Waals surface area contributed by atoms with E-state index in [4.69, 9.17) is 23.9 Å². The van der Waals surface area contributed by atoms with Crippen molar-refractivity contribution in [3.63, 3.8) is 0 Å². The van der Waals surface area contributed by atoms with Crippen molar-refractivity contribution >= 4 is 53.3 Å². The molecule has 3 aliphatic carbocycles. The zero-order valence-corrected chi connectivity index (χ0v) is 37.5. The van der Waals surface area contributed by atoms with Crippen LogP contribution in [0, 0.1) is 31.0 Å². The molecule has 3 aliphatic rings. The zero-order chi connectivity index (χ0) is 34.8. The molecule has 4 rings (SSSR count). The van der Waals surface area contributed by atoms with Gasteiger partial charge >= 0.3 is 35.6 Å². The third kappa shape index (κ3) is 11.6. The van der Waals surface area contributed by atoms with Gasteiger partial charge in [0.05, 0.1) is 15.7 Å². The van der Waals surface area contributed by atoms with Crippen molar-refractivity contribution < 1.29 is 25.8 Å². The van der Waals surface area contributed by atoms with E-state index in [2.05, 4.69) is 112 Å². The SMILES string of the molecule is CC1=Cc2c(F)ccc([Si](C)(C)[Si](C)(C)NC(C)(C)C)c2C1.CC1CC2C(F)=CC=C([Si](C)(C)C[N-]C(C)(C)C)C2C1.[CH3-].[Cl][Ti][Cl]. The predicted octanol–water partition coefficient (Wildman–Crippen LogP) is 11.6. The quantitative estimate of drug-likeness (QED) is 0.227. The second kappa shape index (κ2) is 16.9.